The second kappa shape index (κ2) is 8.81. The number of amides is 1. The molecule has 0 fully saturated rings. The second-order valence-corrected chi connectivity index (χ2v) is 5.00. The van der Waals surface area contributed by atoms with Gasteiger partial charge in [-0.25, -0.2) is 0 Å². The highest BCUT2D eigenvalue weighted by molar-refractivity contribution is 6.30. The predicted octanol–water partition coefficient (Wildman–Crippen LogP) is 3.79. The summed E-state index contributed by atoms with van der Waals surface area (Å²) in [5, 5.41) is 3.96. The van der Waals surface area contributed by atoms with Crippen LogP contribution in [-0.4, -0.2) is 30.4 Å². The minimum absolute atomic E-state index is 0.227. The van der Waals surface area contributed by atoms with Gasteiger partial charge in [-0.2, -0.15) is 0 Å². The topological polar surface area (TPSA) is 32.3 Å². The molecule has 1 N–H and O–H groups in total. The molecule has 1 aromatic rings. The molecular weight excluding hydrogens is 260 g/mol. The van der Waals surface area contributed by atoms with E-state index in [-0.39, 0.29) is 5.91 Å². The van der Waals surface area contributed by atoms with Gasteiger partial charge in [0.2, 0.25) is 5.91 Å². The number of halogens is 1. The van der Waals surface area contributed by atoms with Crippen molar-refractivity contribution in [2.75, 3.05) is 25.0 Å². The fraction of sp³-hybridized carbons (Fsp3) is 0.533. The number of nitrogens with zero attached hydrogens (tertiary/aromatic N) is 1. The van der Waals surface area contributed by atoms with Crippen molar-refractivity contribution in [2.45, 2.75) is 33.1 Å². The molecule has 0 aromatic heterocycles. The average molecular weight is 283 g/mol. The Hall–Kier alpha value is -1.22. The molecule has 0 unspecified atom stereocenters. The minimum atomic E-state index is 0.227. The molecule has 4 heteroatoms. The highest BCUT2D eigenvalue weighted by Crippen LogP contribution is 2.13. The van der Waals surface area contributed by atoms with E-state index in [0.717, 1.165) is 36.6 Å². The Morgan fingerprint density at radius 3 is 2.26 bits per heavy atom. The van der Waals surface area contributed by atoms with E-state index in [2.05, 4.69) is 19.2 Å². The van der Waals surface area contributed by atoms with Gasteiger partial charge in [-0.1, -0.05) is 25.4 Å². The lowest BCUT2D eigenvalue weighted by Gasteiger charge is -2.21. The first-order valence-corrected chi connectivity index (χ1v) is 7.32. The van der Waals surface area contributed by atoms with Crippen LogP contribution in [0.3, 0.4) is 0 Å². The largest absolute Gasteiger partial charge is 0.385 e. The van der Waals surface area contributed by atoms with Crippen LogP contribution in [0, 0.1) is 0 Å². The Balaban J connectivity index is 2.34. The number of benzene rings is 1. The van der Waals surface area contributed by atoms with Crippen LogP contribution in [0.1, 0.15) is 33.1 Å². The van der Waals surface area contributed by atoms with Gasteiger partial charge in [-0.05, 0) is 37.1 Å². The molecule has 19 heavy (non-hydrogen) atoms. The van der Waals surface area contributed by atoms with E-state index in [9.17, 15) is 4.79 Å². The van der Waals surface area contributed by atoms with Crippen molar-refractivity contribution in [2.24, 2.45) is 0 Å². The fourth-order valence-electron chi connectivity index (χ4n) is 1.94. The summed E-state index contributed by atoms with van der Waals surface area (Å²) in [7, 11) is 0. The number of carbonyl (C=O) groups is 1. The molecule has 0 aliphatic carbocycles. The zero-order chi connectivity index (χ0) is 14.1. The third-order valence-electron chi connectivity index (χ3n) is 2.85. The Bertz CT molecular complexity index is 372. The van der Waals surface area contributed by atoms with E-state index in [1.807, 2.05) is 29.2 Å². The number of hydrogen-bond donors (Lipinski definition) is 1. The molecule has 0 aliphatic heterocycles. The summed E-state index contributed by atoms with van der Waals surface area (Å²) in [6.45, 7) is 6.56. The summed E-state index contributed by atoms with van der Waals surface area (Å²) in [4.78, 5) is 14.0. The molecule has 3 nitrogen and oxygen atoms in total. The molecule has 0 bridgehead atoms. The van der Waals surface area contributed by atoms with Crippen molar-refractivity contribution in [1.82, 2.24) is 4.90 Å². The second-order valence-electron chi connectivity index (χ2n) is 4.56. The first-order chi connectivity index (χ1) is 9.17. The molecule has 106 valence electrons. The third kappa shape index (κ3) is 5.97. The average Bonchev–Trinajstić information content (AvgIpc) is 2.40. The summed E-state index contributed by atoms with van der Waals surface area (Å²) in [6, 6.07) is 7.52. The van der Waals surface area contributed by atoms with Gasteiger partial charge in [0, 0.05) is 36.8 Å². The standard InChI is InChI=1S/C15H23ClN2O/c1-3-11-18(12-4-2)15(19)9-10-17-14-7-5-13(16)6-8-14/h5-8,17H,3-4,9-12H2,1-2H3. The molecule has 0 spiro atoms. The van der Waals surface area contributed by atoms with Crippen LogP contribution in [-0.2, 0) is 4.79 Å². The molecule has 0 aliphatic rings. The van der Waals surface area contributed by atoms with E-state index in [0.29, 0.717) is 13.0 Å². The van der Waals surface area contributed by atoms with Crippen molar-refractivity contribution in [3.63, 3.8) is 0 Å². The molecule has 1 aromatic carbocycles. The molecule has 0 saturated heterocycles. The summed E-state index contributed by atoms with van der Waals surface area (Å²) in [5.74, 6) is 0.227. The van der Waals surface area contributed by atoms with Gasteiger partial charge in [-0.3, -0.25) is 4.79 Å². The SMILES string of the molecule is CCCN(CCC)C(=O)CCNc1ccc(Cl)cc1. The van der Waals surface area contributed by atoms with Gasteiger partial charge < -0.3 is 10.2 Å². The first kappa shape index (κ1) is 15.8. The molecule has 0 radical (unpaired) electrons. The van der Waals surface area contributed by atoms with Gasteiger partial charge in [0.15, 0.2) is 0 Å². The normalized spacial score (nSPS) is 10.3. The zero-order valence-corrected chi connectivity index (χ0v) is 12.5. The molecule has 1 rings (SSSR count). The van der Waals surface area contributed by atoms with Crippen LogP contribution in [0.4, 0.5) is 5.69 Å². The molecular formula is C15H23ClN2O. The quantitative estimate of drug-likeness (QED) is 0.787. The number of anilines is 1. The van der Waals surface area contributed by atoms with Crippen LogP contribution in [0.2, 0.25) is 5.02 Å². The molecule has 0 atom stereocenters. The summed E-state index contributed by atoms with van der Waals surface area (Å²) >= 11 is 5.82. The lowest BCUT2D eigenvalue weighted by molar-refractivity contribution is -0.131. The van der Waals surface area contributed by atoms with E-state index in [4.69, 9.17) is 11.6 Å². The van der Waals surface area contributed by atoms with Crippen LogP contribution >= 0.6 is 11.6 Å². The van der Waals surface area contributed by atoms with Crippen molar-refractivity contribution < 1.29 is 4.79 Å². The van der Waals surface area contributed by atoms with Crippen LogP contribution in [0.5, 0.6) is 0 Å². The predicted molar refractivity (Wildman–Crippen MR) is 81.7 cm³/mol. The molecule has 0 saturated carbocycles. The number of nitrogens with one attached hydrogen (secondary N) is 1. The molecule has 0 heterocycles. The highest BCUT2D eigenvalue weighted by atomic mass is 35.5. The third-order valence-corrected chi connectivity index (χ3v) is 3.10. The smallest absolute Gasteiger partial charge is 0.224 e. The van der Waals surface area contributed by atoms with Crippen molar-refractivity contribution >= 4 is 23.2 Å². The first-order valence-electron chi connectivity index (χ1n) is 6.94. The Morgan fingerprint density at radius 2 is 1.74 bits per heavy atom. The van der Waals surface area contributed by atoms with E-state index in [1.165, 1.54) is 0 Å². The van der Waals surface area contributed by atoms with Crippen LogP contribution in [0.15, 0.2) is 24.3 Å². The van der Waals surface area contributed by atoms with E-state index < -0.39 is 0 Å². The number of hydrogen-bond acceptors (Lipinski definition) is 2. The van der Waals surface area contributed by atoms with Gasteiger partial charge in [0.25, 0.3) is 0 Å². The van der Waals surface area contributed by atoms with E-state index in [1.54, 1.807) is 0 Å². The Morgan fingerprint density at radius 1 is 1.16 bits per heavy atom. The Kier molecular flexibility index (Phi) is 7.34. The maximum absolute atomic E-state index is 12.0. The summed E-state index contributed by atoms with van der Waals surface area (Å²) in [5.41, 5.74) is 0.995. The van der Waals surface area contributed by atoms with Crippen LogP contribution in [0.25, 0.3) is 0 Å². The minimum Gasteiger partial charge on any atom is -0.385 e. The van der Waals surface area contributed by atoms with Gasteiger partial charge in [0.1, 0.15) is 0 Å². The summed E-state index contributed by atoms with van der Waals surface area (Å²) in [6.07, 6.45) is 2.55. The number of carbonyl (C=O) groups excluding carboxylic acids is 1. The maximum atomic E-state index is 12.0. The monoisotopic (exact) mass is 282 g/mol. The van der Waals surface area contributed by atoms with Crippen molar-refractivity contribution in [3.8, 4) is 0 Å². The van der Waals surface area contributed by atoms with Crippen molar-refractivity contribution in [3.05, 3.63) is 29.3 Å². The van der Waals surface area contributed by atoms with Gasteiger partial charge in [-0.15, -0.1) is 0 Å². The maximum Gasteiger partial charge on any atom is 0.224 e. The van der Waals surface area contributed by atoms with Gasteiger partial charge in [0.05, 0.1) is 0 Å². The number of rotatable bonds is 8. The lowest BCUT2D eigenvalue weighted by Crippen LogP contribution is -2.33. The highest BCUT2D eigenvalue weighted by Gasteiger charge is 2.10. The summed E-state index contributed by atoms with van der Waals surface area (Å²) < 4.78 is 0. The van der Waals surface area contributed by atoms with Crippen molar-refractivity contribution in [1.29, 1.82) is 0 Å². The fourth-order valence-corrected chi connectivity index (χ4v) is 2.07. The molecule has 1 amide bonds. The zero-order valence-electron chi connectivity index (χ0n) is 11.8. The Labute approximate surface area is 120 Å². The van der Waals surface area contributed by atoms with Crippen LogP contribution < -0.4 is 5.32 Å². The van der Waals surface area contributed by atoms with Gasteiger partial charge >= 0.3 is 0 Å². The lowest BCUT2D eigenvalue weighted by atomic mass is 10.2. The van der Waals surface area contributed by atoms with E-state index >= 15 is 0 Å².